The van der Waals surface area contributed by atoms with Crippen LogP contribution in [0.25, 0.3) is 0 Å². The number of hydrogen-bond acceptors (Lipinski definition) is 4. The molecular formula is C15H19NO5. The highest BCUT2D eigenvalue weighted by Crippen LogP contribution is 2.16. The van der Waals surface area contributed by atoms with Crippen molar-refractivity contribution >= 4 is 11.9 Å². The van der Waals surface area contributed by atoms with Crippen molar-refractivity contribution in [2.24, 2.45) is 0 Å². The van der Waals surface area contributed by atoms with Crippen LogP contribution < -0.4 is 5.32 Å². The number of methoxy groups -OCH3 is 1. The largest absolute Gasteiger partial charge is 0.480 e. The fourth-order valence-corrected chi connectivity index (χ4v) is 1.71. The molecule has 2 unspecified atom stereocenters. The molecule has 0 spiro atoms. The summed E-state index contributed by atoms with van der Waals surface area (Å²) in [5.41, 5.74) is 0.647. The Labute approximate surface area is 123 Å². The second-order valence-corrected chi connectivity index (χ2v) is 4.25. The molecule has 0 aliphatic rings. The number of nitrogens with one attached hydrogen (secondary N) is 1. The lowest BCUT2D eigenvalue weighted by Crippen LogP contribution is -2.46. The molecule has 2 atom stereocenters. The Hall–Kier alpha value is -2.18. The van der Waals surface area contributed by atoms with E-state index < -0.39 is 24.0 Å². The van der Waals surface area contributed by atoms with Gasteiger partial charge in [-0.2, -0.15) is 0 Å². The summed E-state index contributed by atoms with van der Waals surface area (Å²) < 4.78 is 10.2. The van der Waals surface area contributed by atoms with Crippen LogP contribution in [0, 0.1) is 0 Å². The summed E-state index contributed by atoms with van der Waals surface area (Å²) in [6.45, 7) is 3.54. The first-order valence-electron chi connectivity index (χ1n) is 6.39. The van der Waals surface area contributed by atoms with E-state index in [-0.39, 0.29) is 13.2 Å². The van der Waals surface area contributed by atoms with Gasteiger partial charge in [-0.3, -0.25) is 4.79 Å². The molecule has 0 fully saturated rings. The second kappa shape index (κ2) is 8.89. The zero-order chi connectivity index (χ0) is 15.7. The molecule has 21 heavy (non-hydrogen) atoms. The van der Waals surface area contributed by atoms with Gasteiger partial charge in [-0.1, -0.05) is 36.4 Å². The van der Waals surface area contributed by atoms with Crippen LogP contribution in [-0.4, -0.2) is 43.3 Å². The molecule has 0 radical (unpaired) electrons. The van der Waals surface area contributed by atoms with Crippen LogP contribution in [0.15, 0.2) is 43.0 Å². The molecule has 0 aliphatic heterocycles. The summed E-state index contributed by atoms with van der Waals surface area (Å²) in [4.78, 5) is 23.3. The van der Waals surface area contributed by atoms with Crippen LogP contribution >= 0.6 is 0 Å². The summed E-state index contributed by atoms with van der Waals surface area (Å²) >= 11 is 0. The highest BCUT2D eigenvalue weighted by molar-refractivity contribution is 5.87. The van der Waals surface area contributed by atoms with E-state index in [1.807, 2.05) is 6.07 Å². The number of ether oxygens (including phenoxy) is 2. The van der Waals surface area contributed by atoms with Crippen LogP contribution in [0.1, 0.15) is 11.7 Å². The Morgan fingerprint density at radius 3 is 2.57 bits per heavy atom. The van der Waals surface area contributed by atoms with Crippen LogP contribution in [0.5, 0.6) is 0 Å². The van der Waals surface area contributed by atoms with Crippen molar-refractivity contribution in [1.29, 1.82) is 0 Å². The number of hydrogen-bond donors (Lipinski definition) is 2. The Kier molecular flexibility index (Phi) is 7.14. The van der Waals surface area contributed by atoms with E-state index in [0.717, 1.165) is 0 Å². The van der Waals surface area contributed by atoms with E-state index in [2.05, 4.69) is 11.9 Å². The van der Waals surface area contributed by atoms with Gasteiger partial charge >= 0.3 is 5.97 Å². The molecule has 1 amide bonds. The quantitative estimate of drug-likeness (QED) is 0.527. The van der Waals surface area contributed by atoms with E-state index in [9.17, 15) is 9.59 Å². The number of benzene rings is 1. The standard InChI is InChI=1S/C15H19NO5/c1-3-9-21-10-12(15(18)19)16-14(17)13(20-2)11-7-5-4-6-8-11/h3-8,12-13H,1,9-10H2,2H3,(H,16,17)(H,18,19). The highest BCUT2D eigenvalue weighted by Gasteiger charge is 2.26. The van der Waals surface area contributed by atoms with Crippen molar-refractivity contribution in [1.82, 2.24) is 5.32 Å². The van der Waals surface area contributed by atoms with Gasteiger partial charge in [0.1, 0.15) is 0 Å². The number of rotatable bonds is 9. The molecule has 6 nitrogen and oxygen atoms in total. The van der Waals surface area contributed by atoms with Gasteiger partial charge < -0.3 is 19.9 Å². The van der Waals surface area contributed by atoms with Crippen molar-refractivity contribution in [3.63, 3.8) is 0 Å². The van der Waals surface area contributed by atoms with E-state index in [1.165, 1.54) is 13.2 Å². The first-order valence-corrected chi connectivity index (χ1v) is 6.39. The fourth-order valence-electron chi connectivity index (χ4n) is 1.71. The minimum atomic E-state index is -1.17. The monoisotopic (exact) mass is 293 g/mol. The third kappa shape index (κ3) is 5.37. The normalized spacial score (nSPS) is 13.2. The van der Waals surface area contributed by atoms with Crippen molar-refractivity contribution in [2.75, 3.05) is 20.3 Å². The molecule has 0 aromatic heterocycles. The number of carboxylic acids is 1. The molecule has 1 aromatic rings. The van der Waals surface area contributed by atoms with Crippen molar-refractivity contribution in [3.05, 3.63) is 48.6 Å². The smallest absolute Gasteiger partial charge is 0.328 e. The lowest BCUT2D eigenvalue weighted by atomic mass is 10.1. The summed E-state index contributed by atoms with van der Waals surface area (Å²) in [7, 11) is 1.39. The van der Waals surface area contributed by atoms with E-state index in [0.29, 0.717) is 5.56 Å². The van der Waals surface area contributed by atoms with Gasteiger partial charge in [0.25, 0.3) is 5.91 Å². The molecule has 114 valence electrons. The molecule has 0 heterocycles. The molecule has 0 bridgehead atoms. The maximum Gasteiger partial charge on any atom is 0.328 e. The van der Waals surface area contributed by atoms with Crippen LogP contribution in [-0.2, 0) is 19.1 Å². The Balaban J connectivity index is 2.70. The van der Waals surface area contributed by atoms with Gasteiger partial charge in [-0.05, 0) is 5.56 Å². The lowest BCUT2D eigenvalue weighted by Gasteiger charge is -2.19. The number of aliphatic carboxylic acids is 1. The Morgan fingerprint density at radius 2 is 2.05 bits per heavy atom. The molecule has 1 aromatic carbocycles. The van der Waals surface area contributed by atoms with Crippen molar-refractivity contribution in [2.45, 2.75) is 12.1 Å². The summed E-state index contributed by atoms with van der Waals surface area (Å²) in [5.74, 6) is -1.70. The van der Waals surface area contributed by atoms with Gasteiger partial charge in [0, 0.05) is 7.11 Å². The Bertz CT molecular complexity index is 474. The summed E-state index contributed by atoms with van der Waals surface area (Å²) in [6, 6.07) is 7.69. The number of amides is 1. The molecule has 6 heteroatoms. The van der Waals surface area contributed by atoms with Crippen molar-refractivity contribution < 1.29 is 24.2 Å². The van der Waals surface area contributed by atoms with Gasteiger partial charge in [0.2, 0.25) is 0 Å². The first kappa shape index (κ1) is 16.9. The molecule has 0 saturated heterocycles. The number of carbonyl (C=O) groups excluding carboxylic acids is 1. The molecular weight excluding hydrogens is 274 g/mol. The van der Waals surface area contributed by atoms with Crippen LogP contribution in [0.2, 0.25) is 0 Å². The Morgan fingerprint density at radius 1 is 1.38 bits per heavy atom. The third-order valence-electron chi connectivity index (χ3n) is 2.71. The van der Waals surface area contributed by atoms with Gasteiger partial charge in [-0.15, -0.1) is 6.58 Å². The maximum absolute atomic E-state index is 12.1. The zero-order valence-corrected chi connectivity index (χ0v) is 11.8. The minimum Gasteiger partial charge on any atom is -0.480 e. The topological polar surface area (TPSA) is 84.9 Å². The molecule has 2 N–H and O–H groups in total. The van der Waals surface area contributed by atoms with Gasteiger partial charge in [-0.25, -0.2) is 4.79 Å². The highest BCUT2D eigenvalue weighted by atomic mass is 16.5. The predicted octanol–water partition coefficient (Wildman–Crippen LogP) is 1.15. The fraction of sp³-hybridized carbons (Fsp3) is 0.333. The average molecular weight is 293 g/mol. The summed E-state index contributed by atoms with van der Waals surface area (Å²) in [5, 5.41) is 11.5. The number of carboxylic acid groups (broad SMARTS) is 1. The van der Waals surface area contributed by atoms with Gasteiger partial charge in [0.15, 0.2) is 12.1 Å². The van der Waals surface area contributed by atoms with E-state index >= 15 is 0 Å². The van der Waals surface area contributed by atoms with E-state index in [4.69, 9.17) is 14.6 Å². The second-order valence-electron chi connectivity index (χ2n) is 4.25. The lowest BCUT2D eigenvalue weighted by molar-refractivity contribution is -0.145. The van der Waals surface area contributed by atoms with Gasteiger partial charge in [0.05, 0.1) is 13.2 Å². The molecule has 1 rings (SSSR count). The average Bonchev–Trinajstić information content (AvgIpc) is 2.48. The SMILES string of the molecule is C=CCOCC(NC(=O)C(OC)c1ccccc1)C(=O)O. The number of carbonyl (C=O) groups is 2. The zero-order valence-electron chi connectivity index (χ0n) is 11.8. The minimum absolute atomic E-state index is 0.141. The summed E-state index contributed by atoms with van der Waals surface area (Å²) in [6.07, 6.45) is 0.635. The van der Waals surface area contributed by atoms with Crippen LogP contribution in [0.4, 0.5) is 0 Å². The maximum atomic E-state index is 12.1. The van der Waals surface area contributed by atoms with Crippen LogP contribution in [0.3, 0.4) is 0 Å². The predicted molar refractivity (Wildman–Crippen MR) is 76.8 cm³/mol. The van der Waals surface area contributed by atoms with E-state index in [1.54, 1.807) is 24.3 Å². The molecule has 0 aliphatic carbocycles. The molecule has 0 saturated carbocycles. The van der Waals surface area contributed by atoms with Crippen molar-refractivity contribution in [3.8, 4) is 0 Å². The first-order chi connectivity index (χ1) is 10.1. The third-order valence-corrected chi connectivity index (χ3v) is 2.71.